The SMILES string of the molecule is COc1ccc(OC)c(C(=O)/C=C/c2cccc(OCc3ccccc3)c2)c1. The predicted molar refractivity (Wildman–Crippen MR) is 110 cm³/mol. The molecule has 0 bridgehead atoms. The molecule has 0 amide bonds. The molecule has 0 N–H and O–H groups in total. The summed E-state index contributed by atoms with van der Waals surface area (Å²) in [4.78, 5) is 12.6. The lowest BCUT2D eigenvalue weighted by atomic mass is 10.1. The molecule has 0 unspecified atom stereocenters. The lowest BCUT2D eigenvalue weighted by Gasteiger charge is -2.08. The molecule has 0 aliphatic rings. The fourth-order valence-corrected chi connectivity index (χ4v) is 2.72. The molecule has 3 aromatic carbocycles. The van der Waals surface area contributed by atoms with Crippen molar-refractivity contribution in [1.82, 2.24) is 0 Å². The summed E-state index contributed by atoms with van der Waals surface area (Å²) in [6.07, 6.45) is 3.28. The van der Waals surface area contributed by atoms with Crippen molar-refractivity contribution in [3.8, 4) is 17.2 Å². The van der Waals surface area contributed by atoms with Gasteiger partial charge in [-0.1, -0.05) is 48.5 Å². The molecule has 0 saturated heterocycles. The molecule has 4 nitrogen and oxygen atoms in total. The summed E-state index contributed by atoms with van der Waals surface area (Å²) in [6, 6.07) is 22.7. The lowest BCUT2D eigenvalue weighted by Crippen LogP contribution is -2.00. The number of carbonyl (C=O) groups is 1. The second-order valence-corrected chi connectivity index (χ2v) is 6.11. The van der Waals surface area contributed by atoms with Crippen LogP contribution in [-0.2, 0) is 6.61 Å². The van der Waals surface area contributed by atoms with Crippen LogP contribution in [0, 0.1) is 0 Å². The van der Waals surface area contributed by atoms with Gasteiger partial charge < -0.3 is 14.2 Å². The zero-order valence-corrected chi connectivity index (χ0v) is 15.9. The summed E-state index contributed by atoms with van der Waals surface area (Å²) in [5, 5.41) is 0. The van der Waals surface area contributed by atoms with Crippen molar-refractivity contribution in [2.24, 2.45) is 0 Å². The van der Waals surface area contributed by atoms with Gasteiger partial charge in [-0.15, -0.1) is 0 Å². The third kappa shape index (κ3) is 5.01. The molecule has 0 saturated carbocycles. The Kier molecular flexibility index (Phi) is 6.47. The van der Waals surface area contributed by atoms with Gasteiger partial charge in [0.25, 0.3) is 0 Å². The molecule has 0 radical (unpaired) electrons. The molecule has 142 valence electrons. The Morgan fingerprint density at radius 2 is 1.68 bits per heavy atom. The van der Waals surface area contributed by atoms with Gasteiger partial charge >= 0.3 is 0 Å². The fraction of sp³-hybridized carbons (Fsp3) is 0.125. The fourth-order valence-electron chi connectivity index (χ4n) is 2.72. The van der Waals surface area contributed by atoms with Gasteiger partial charge in [0, 0.05) is 0 Å². The van der Waals surface area contributed by atoms with Crippen LogP contribution in [0.1, 0.15) is 21.5 Å². The van der Waals surface area contributed by atoms with Gasteiger partial charge in [0.2, 0.25) is 0 Å². The van der Waals surface area contributed by atoms with Gasteiger partial charge in [0.15, 0.2) is 5.78 Å². The minimum atomic E-state index is -0.161. The van der Waals surface area contributed by atoms with E-state index in [-0.39, 0.29) is 5.78 Å². The number of hydrogen-bond acceptors (Lipinski definition) is 4. The van der Waals surface area contributed by atoms with Gasteiger partial charge in [0.1, 0.15) is 23.9 Å². The highest BCUT2D eigenvalue weighted by atomic mass is 16.5. The normalized spacial score (nSPS) is 10.6. The molecule has 28 heavy (non-hydrogen) atoms. The Morgan fingerprint density at radius 3 is 2.43 bits per heavy atom. The molecule has 3 aromatic rings. The van der Waals surface area contributed by atoms with Crippen LogP contribution < -0.4 is 14.2 Å². The van der Waals surface area contributed by atoms with E-state index in [2.05, 4.69) is 0 Å². The maximum Gasteiger partial charge on any atom is 0.189 e. The number of hydrogen-bond donors (Lipinski definition) is 0. The van der Waals surface area contributed by atoms with E-state index in [9.17, 15) is 4.79 Å². The van der Waals surface area contributed by atoms with Crippen LogP contribution >= 0.6 is 0 Å². The van der Waals surface area contributed by atoms with Crippen LogP contribution in [0.2, 0.25) is 0 Å². The van der Waals surface area contributed by atoms with Gasteiger partial charge in [-0.2, -0.15) is 0 Å². The number of allylic oxidation sites excluding steroid dienone is 1. The maximum absolute atomic E-state index is 12.6. The molecule has 0 heterocycles. The molecule has 0 aliphatic carbocycles. The van der Waals surface area contributed by atoms with Crippen molar-refractivity contribution < 1.29 is 19.0 Å². The average molecular weight is 374 g/mol. The molecule has 0 aliphatic heterocycles. The first-order valence-electron chi connectivity index (χ1n) is 8.91. The van der Waals surface area contributed by atoms with Gasteiger partial charge in [-0.3, -0.25) is 4.79 Å². The minimum Gasteiger partial charge on any atom is -0.497 e. The standard InChI is InChI=1S/C24H22O4/c1-26-20-12-14-24(27-2)22(16-20)23(25)13-11-18-9-6-10-21(15-18)28-17-19-7-4-3-5-8-19/h3-16H,17H2,1-2H3/b13-11+. The quantitative estimate of drug-likeness (QED) is 0.403. The number of ether oxygens (including phenoxy) is 3. The first-order valence-corrected chi connectivity index (χ1v) is 8.91. The first-order chi connectivity index (χ1) is 13.7. The monoisotopic (exact) mass is 374 g/mol. The summed E-state index contributed by atoms with van der Waals surface area (Å²) < 4.78 is 16.3. The van der Waals surface area contributed by atoms with Crippen molar-refractivity contribution in [2.75, 3.05) is 14.2 Å². The maximum atomic E-state index is 12.6. The summed E-state index contributed by atoms with van der Waals surface area (Å²) in [7, 11) is 3.10. The molecule has 0 atom stereocenters. The number of methoxy groups -OCH3 is 2. The highest BCUT2D eigenvalue weighted by molar-refractivity contribution is 6.08. The zero-order chi connectivity index (χ0) is 19.8. The summed E-state index contributed by atoms with van der Waals surface area (Å²) in [5.41, 5.74) is 2.43. The van der Waals surface area contributed by atoms with Crippen molar-refractivity contribution in [3.63, 3.8) is 0 Å². The highest BCUT2D eigenvalue weighted by Crippen LogP contribution is 2.25. The highest BCUT2D eigenvalue weighted by Gasteiger charge is 2.11. The van der Waals surface area contributed by atoms with Crippen LogP contribution in [0.25, 0.3) is 6.08 Å². The second kappa shape index (κ2) is 9.42. The van der Waals surface area contributed by atoms with E-state index in [0.717, 1.165) is 16.9 Å². The minimum absolute atomic E-state index is 0.161. The molecule has 3 rings (SSSR count). The van der Waals surface area contributed by atoms with Crippen LogP contribution in [0.5, 0.6) is 17.2 Å². The summed E-state index contributed by atoms with van der Waals surface area (Å²) in [6.45, 7) is 0.494. The Morgan fingerprint density at radius 1 is 0.857 bits per heavy atom. The molecular weight excluding hydrogens is 352 g/mol. The number of rotatable bonds is 8. The van der Waals surface area contributed by atoms with E-state index in [1.165, 1.54) is 13.2 Å². The lowest BCUT2D eigenvalue weighted by molar-refractivity contribution is 0.104. The third-order valence-electron chi connectivity index (χ3n) is 4.21. The van der Waals surface area contributed by atoms with Crippen LogP contribution in [0.3, 0.4) is 0 Å². The number of benzene rings is 3. The van der Waals surface area contributed by atoms with Crippen LogP contribution in [0.4, 0.5) is 0 Å². The van der Waals surface area contributed by atoms with Crippen LogP contribution in [0.15, 0.2) is 78.9 Å². The van der Waals surface area contributed by atoms with E-state index in [1.807, 2.05) is 54.6 Å². The smallest absolute Gasteiger partial charge is 0.189 e. The molecule has 0 spiro atoms. The summed E-state index contributed by atoms with van der Waals surface area (Å²) in [5.74, 6) is 1.70. The largest absolute Gasteiger partial charge is 0.497 e. The van der Waals surface area contributed by atoms with Crippen molar-refractivity contribution >= 4 is 11.9 Å². The van der Waals surface area contributed by atoms with Crippen molar-refractivity contribution in [3.05, 3.63) is 95.6 Å². The Hall–Kier alpha value is -3.53. The second-order valence-electron chi connectivity index (χ2n) is 6.11. The van der Waals surface area contributed by atoms with Crippen molar-refractivity contribution in [2.45, 2.75) is 6.61 Å². The molecule has 0 aromatic heterocycles. The Bertz CT molecular complexity index is 961. The Balaban J connectivity index is 1.71. The average Bonchev–Trinajstić information content (AvgIpc) is 2.76. The van der Waals surface area contributed by atoms with Gasteiger partial charge in [-0.05, 0) is 47.5 Å². The molecule has 0 fully saturated rings. The third-order valence-corrected chi connectivity index (χ3v) is 4.21. The Labute approximate surface area is 165 Å². The topological polar surface area (TPSA) is 44.8 Å². The number of carbonyl (C=O) groups excluding carboxylic acids is 1. The van der Waals surface area contributed by atoms with Crippen LogP contribution in [-0.4, -0.2) is 20.0 Å². The van der Waals surface area contributed by atoms with Gasteiger partial charge in [-0.25, -0.2) is 0 Å². The van der Waals surface area contributed by atoms with E-state index < -0.39 is 0 Å². The summed E-state index contributed by atoms with van der Waals surface area (Å²) >= 11 is 0. The number of ketones is 1. The first kappa shape index (κ1) is 19.2. The van der Waals surface area contributed by atoms with E-state index in [0.29, 0.717) is 23.7 Å². The van der Waals surface area contributed by atoms with E-state index in [1.54, 1.807) is 31.4 Å². The molecule has 4 heteroatoms. The van der Waals surface area contributed by atoms with Gasteiger partial charge in [0.05, 0.1) is 19.8 Å². The van der Waals surface area contributed by atoms with Crippen molar-refractivity contribution in [1.29, 1.82) is 0 Å². The predicted octanol–water partition coefficient (Wildman–Crippen LogP) is 5.18. The van der Waals surface area contributed by atoms with E-state index in [4.69, 9.17) is 14.2 Å². The zero-order valence-electron chi connectivity index (χ0n) is 15.9. The molecular formula is C24H22O4. The van der Waals surface area contributed by atoms with E-state index >= 15 is 0 Å².